The van der Waals surface area contributed by atoms with Crippen LogP contribution in [-0.4, -0.2) is 5.11 Å². The summed E-state index contributed by atoms with van der Waals surface area (Å²) in [6.45, 7) is 1.59. The summed E-state index contributed by atoms with van der Waals surface area (Å²) >= 11 is 0. The maximum Gasteiger partial charge on any atom is 0.133 e. The van der Waals surface area contributed by atoms with Crippen LogP contribution in [0.1, 0.15) is 18.6 Å². The second-order valence-corrected chi connectivity index (χ2v) is 4.97. The van der Waals surface area contributed by atoms with Crippen molar-refractivity contribution in [3.8, 4) is 11.5 Å². The first-order valence-electron chi connectivity index (χ1n) is 6.77. The monoisotopic (exact) mass is 282 g/mol. The third-order valence-electron chi connectivity index (χ3n) is 3.37. The van der Waals surface area contributed by atoms with E-state index in [0.717, 1.165) is 10.8 Å². The Labute approximate surface area is 122 Å². The SMILES string of the molecule is C[C@H](O)c1cc(F)ccc1Oc1ccc2ccccc2c1. The van der Waals surface area contributed by atoms with Gasteiger partial charge in [-0.05, 0) is 48.0 Å². The Morgan fingerprint density at radius 2 is 1.71 bits per heavy atom. The molecule has 0 bridgehead atoms. The minimum atomic E-state index is -0.795. The number of halogens is 1. The first kappa shape index (κ1) is 13.6. The Morgan fingerprint density at radius 3 is 2.48 bits per heavy atom. The molecule has 0 unspecified atom stereocenters. The molecule has 0 saturated carbocycles. The van der Waals surface area contributed by atoms with Gasteiger partial charge in [0.25, 0.3) is 0 Å². The van der Waals surface area contributed by atoms with Crippen LogP contribution in [0.15, 0.2) is 60.7 Å². The minimum Gasteiger partial charge on any atom is -0.457 e. The molecule has 2 nitrogen and oxygen atoms in total. The average molecular weight is 282 g/mol. The van der Waals surface area contributed by atoms with Gasteiger partial charge in [-0.3, -0.25) is 0 Å². The van der Waals surface area contributed by atoms with E-state index in [9.17, 15) is 9.50 Å². The molecule has 3 rings (SSSR count). The Balaban J connectivity index is 1.98. The van der Waals surface area contributed by atoms with Gasteiger partial charge in [0, 0.05) is 5.56 Å². The van der Waals surface area contributed by atoms with E-state index in [2.05, 4.69) is 0 Å². The highest BCUT2D eigenvalue weighted by atomic mass is 19.1. The van der Waals surface area contributed by atoms with E-state index in [1.165, 1.54) is 18.2 Å². The van der Waals surface area contributed by atoms with Crippen LogP contribution in [0, 0.1) is 5.82 Å². The second-order valence-electron chi connectivity index (χ2n) is 4.97. The topological polar surface area (TPSA) is 29.5 Å². The number of hydrogen-bond donors (Lipinski definition) is 1. The van der Waals surface area contributed by atoms with Crippen molar-refractivity contribution in [3.05, 3.63) is 72.0 Å². The zero-order valence-electron chi connectivity index (χ0n) is 11.6. The van der Waals surface area contributed by atoms with Gasteiger partial charge in [-0.25, -0.2) is 4.39 Å². The zero-order chi connectivity index (χ0) is 14.8. The predicted molar refractivity (Wildman–Crippen MR) is 81.1 cm³/mol. The van der Waals surface area contributed by atoms with Crippen LogP contribution < -0.4 is 4.74 Å². The third-order valence-corrected chi connectivity index (χ3v) is 3.37. The standard InChI is InChI=1S/C18H15FO2/c1-12(20)17-11-15(19)7-9-18(17)21-16-8-6-13-4-2-3-5-14(13)10-16/h2-12,20H,1H3/t12-/m0/s1. The average Bonchev–Trinajstić information content (AvgIpc) is 2.49. The summed E-state index contributed by atoms with van der Waals surface area (Å²) in [5.41, 5.74) is 0.433. The molecule has 0 saturated heterocycles. The van der Waals surface area contributed by atoms with Crippen molar-refractivity contribution < 1.29 is 14.2 Å². The van der Waals surface area contributed by atoms with E-state index in [4.69, 9.17) is 4.74 Å². The lowest BCUT2D eigenvalue weighted by atomic mass is 10.1. The summed E-state index contributed by atoms with van der Waals surface area (Å²) in [7, 11) is 0. The third kappa shape index (κ3) is 2.88. The molecule has 106 valence electrons. The van der Waals surface area contributed by atoms with Gasteiger partial charge >= 0.3 is 0 Å². The number of fused-ring (bicyclic) bond motifs is 1. The van der Waals surface area contributed by atoms with Crippen molar-refractivity contribution in [1.82, 2.24) is 0 Å². The van der Waals surface area contributed by atoms with Crippen molar-refractivity contribution in [2.75, 3.05) is 0 Å². The van der Waals surface area contributed by atoms with E-state index in [1.807, 2.05) is 42.5 Å². The lowest BCUT2D eigenvalue weighted by molar-refractivity contribution is 0.195. The fraction of sp³-hybridized carbons (Fsp3) is 0.111. The Bertz CT molecular complexity index is 781. The lowest BCUT2D eigenvalue weighted by Crippen LogP contribution is -1.97. The molecule has 0 heterocycles. The molecule has 0 aliphatic rings. The highest BCUT2D eigenvalue weighted by Gasteiger charge is 2.11. The molecule has 0 spiro atoms. The van der Waals surface area contributed by atoms with Gasteiger partial charge in [-0.1, -0.05) is 30.3 Å². The normalized spacial score (nSPS) is 12.3. The molecule has 3 heteroatoms. The molecule has 3 aromatic rings. The zero-order valence-corrected chi connectivity index (χ0v) is 11.6. The summed E-state index contributed by atoms with van der Waals surface area (Å²) < 4.78 is 19.1. The van der Waals surface area contributed by atoms with Crippen molar-refractivity contribution in [2.24, 2.45) is 0 Å². The molecule has 0 fully saturated rings. The maximum absolute atomic E-state index is 13.3. The fourth-order valence-electron chi connectivity index (χ4n) is 2.30. The summed E-state index contributed by atoms with van der Waals surface area (Å²) in [6, 6.07) is 17.9. The Morgan fingerprint density at radius 1 is 0.952 bits per heavy atom. The molecule has 1 atom stereocenters. The smallest absolute Gasteiger partial charge is 0.133 e. The summed E-state index contributed by atoms with van der Waals surface area (Å²) in [4.78, 5) is 0. The van der Waals surface area contributed by atoms with Gasteiger partial charge in [0.05, 0.1) is 6.10 Å². The van der Waals surface area contributed by atoms with Gasteiger partial charge in [0.2, 0.25) is 0 Å². The van der Waals surface area contributed by atoms with Crippen molar-refractivity contribution >= 4 is 10.8 Å². The molecule has 3 aromatic carbocycles. The van der Waals surface area contributed by atoms with Crippen LogP contribution in [0.2, 0.25) is 0 Å². The largest absolute Gasteiger partial charge is 0.457 e. The van der Waals surface area contributed by atoms with Crippen LogP contribution in [0.5, 0.6) is 11.5 Å². The summed E-state index contributed by atoms with van der Waals surface area (Å²) in [6.07, 6.45) is -0.795. The number of aliphatic hydroxyl groups excluding tert-OH is 1. The maximum atomic E-state index is 13.3. The minimum absolute atomic E-state index is 0.392. The van der Waals surface area contributed by atoms with Crippen molar-refractivity contribution in [3.63, 3.8) is 0 Å². The number of benzene rings is 3. The molecule has 0 aliphatic heterocycles. The van der Waals surface area contributed by atoms with Crippen LogP contribution in [0.25, 0.3) is 10.8 Å². The quantitative estimate of drug-likeness (QED) is 0.746. The molecular formula is C18H15FO2. The van der Waals surface area contributed by atoms with Gasteiger partial charge < -0.3 is 9.84 Å². The first-order valence-corrected chi connectivity index (χ1v) is 6.77. The number of rotatable bonds is 3. The Kier molecular flexibility index (Phi) is 3.59. The summed E-state index contributed by atoms with van der Waals surface area (Å²) in [5, 5.41) is 11.9. The van der Waals surface area contributed by atoms with E-state index < -0.39 is 11.9 Å². The first-order chi connectivity index (χ1) is 10.1. The molecule has 0 amide bonds. The van der Waals surface area contributed by atoms with Crippen LogP contribution in [-0.2, 0) is 0 Å². The second kappa shape index (κ2) is 5.54. The van der Waals surface area contributed by atoms with E-state index in [-0.39, 0.29) is 0 Å². The number of aliphatic hydroxyl groups is 1. The molecule has 0 aromatic heterocycles. The fourth-order valence-corrected chi connectivity index (χ4v) is 2.30. The molecule has 21 heavy (non-hydrogen) atoms. The van der Waals surface area contributed by atoms with Gasteiger partial charge in [0.15, 0.2) is 0 Å². The van der Waals surface area contributed by atoms with Gasteiger partial charge in [0.1, 0.15) is 17.3 Å². The lowest BCUT2D eigenvalue weighted by Gasteiger charge is -2.13. The molecule has 1 N–H and O–H groups in total. The van der Waals surface area contributed by atoms with Crippen molar-refractivity contribution in [2.45, 2.75) is 13.0 Å². The molecule has 0 aliphatic carbocycles. The van der Waals surface area contributed by atoms with Crippen molar-refractivity contribution in [1.29, 1.82) is 0 Å². The molecule has 0 radical (unpaired) electrons. The van der Waals surface area contributed by atoms with Gasteiger partial charge in [-0.15, -0.1) is 0 Å². The Hall–Kier alpha value is -2.39. The van der Waals surface area contributed by atoms with E-state index in [0.29, 0.717) is 17.1 Å². The number of hydrogen-bond acceptors (Lipinski definition) is 2. The van der Waals surface area contributed by atoms with Gasteiger partial charge in [-0.2, -0.15) is 0 Å². The number of ether oxygens (including phenoxy) is 1. The van der Waals surface area contributed by atoms with E-state index >= 15 is 0 Å². The summed E-state index contributed by atoms with van der Waals surface area (Å²) in [5.74, 6) is 0.723. The van der Waals surface area contributed by atoms with E-state index in [1.54, 1.807) is 6.92 Å². The highest BCUT2D eigenvalue weighted by Crippen LogP contribution is 2.31. The van der Waals surface area contributed by atoms with Crippen LogP contribution in [0.4, 0.5) is 4.39 Å². The highest BCUT2D eigenvalue weighted by molar-refractivity contribution is 5.83. The van der Waals surface area contributed by atoms with Crippen LogP contribution >= 0.6 is 0 Å². The van der Waals surface area contributed by atoms with Crippen LogP contribution in [0.3, 0.4) is 0 Å². The molecular weight excluding hydrogens is 267 g/mol. The predicted octanol–water partition coefficient (Wildman–Crippen LogP) is 4.82.